The molecular weight excluding hydrogens is 360 g/mol. The lowest BCUT2D eigenvalue weighted by molar-refractivity contribution is 1.09. The maximum Gasteiger partial charge on any atom is -0.0374 e. The molecule has 0 aliphatic carbocycles. The zero-order chi connectivity index (χ0) is 25.9. The molecule has 0 aliphatic heterocycles. The minimum Gasteiger partial charge on any atom is -0.0917 e. The van der Waals surface area contributed by atoms with Gasteiger partial charge in [-0.3, -0.25) is 0 Å². The summed E-state index contributed by atoms with van der Waals surface area (Å²) in [5.74, 6) is 0. The molecule has 30 heavy (non-hydrogen) atoms. The molecule has 0 aromatic heterocycles. The highest BCUT2D eigenvalue weighted by Gasteiger charge is 1.74. The van der Waals surface area contributed by atoms with Crippen molar-refractivity contribution in [2.45, 2.75) is 165 Å². The highest BCUT2D eigenvalue weighted by atomic mass is 13.8. The number of rotatable bonds is 3. The van der Waals surface area contributed by atoms with E-state index in [1.165, 1.54) is 18.4 Å². The van der Waals surface area contributed by atoms with Crippen LogP contribution in [-0.2, 0) is 0 Å². The fourth-order valence-corrected chi connectivity index (χ4v) is 0.889. The maximum absolute atomic E-state index is 2.21. The summed E-state index contributed by atoms with van der Waals surface area (Å²) in [5, 5.41) is 0. The van der Waals surface area contributed by atoms with Gasteiger partial charge in [0.2, 0.25) is 0 Å². The molecule has 0 saturated heterocycles. The zero-order valence-electron chi connectivity index (χ0n) is 25.2. The van der Waals surface area contributed by atoms with Crippen molar-refractivity contribution in [3.8, 4) is 0 Å². The van der Waals surface area contributed by atoms with Crippen LogP contribution < -0.4 is 0 Å². The van der Waals surface area contributed by atoms with Gasteiger partial charge in [0.1, 0.15) is 0 Å². The lowest BCUT2D eigenvalue weighted by Gasteiger charge is -1.85. The zero-order valence-corrected chi connectivity index (χ0v) is 25.2. The average molecular weight is 435 g/mol. The van der Waals surface area contributed by atoms with Crippen molar-refractivity contribution in [1.29, 1.82) is 0 Å². The number of hydrogen-bond donors (Lipinski definition) is 0. The summed E-state index contributed by atoms with van der Waals surface area (Å²) in [6, 6.07) is 0. The molecule has 0 heterocycles. The maximum atomic E-state index is 2.21. The molecule has 0 aromatic rings. The Morgan fingerprint density at radius 2 is 0.800 bits per heavy atom. The molecule has 0 saturated carbocycles. The third-order valence-corrected chi connectivity index (χ3v) is 1.43. The summed E-state index contributed by atoms with van der Waals surface area (Å²) < 4.78 is 0. The second-order valence-electron chi connectivity index (χ2n) is 4.25. The van der Waals surface area contributed by atoms with Gasteiger partial charge >= 0.3 is 0 Å². The van der Waals surface area contributed by atoms with Crippen LogP contribution in [0.3, 0.4) is 0 Å². The van der Waals surface area contributed by atoms with Crippen molar-refractivity contribution in [3.63, 3.8) is 0 Å². The van der Waals surface area contributed by atoms with Crippen LogP contribution in [0.5, 0.6) is 0 Å². The van der Waals surface area contributed by atoms with Gasteiger partial charge in [0.15, 0.2) is 0 Å². The third-order valence-electron chi connectivity index (χ3n) is 1.43. The Kier molecular flexibility index (Phi) is 349. The van der Waals surface area contributed by atoms with Gasteiger partial charge in [0.05, 0.1) is 0 Å². The summed E-state index contributed by atoms with van der Waals surface area (Å²) in [4.78, 5) is 0. The van der Waals surface area contributed by atoms with Crippen LogP contribution in [0, 0.1) is 0 Å². The quantitative estimate of drug-likeness (QED) is 0.306. The Bertz CT molecular complexity index is 180. The Morgan fingerprint density at radius 1 is 0.533 bits per heavy atom. The molecule has 0 bridgehead atoms. The molecule has 0 rings (SSSR count). The van der Waals surface area contributed by atoms with Crippen LogP contribution in [0.25, 0.3) is 0 Å². The molecule has 0 unspecified atom stereocenters. The van der Waals surface area contributed by atoms with Crippen molar-refractivity contribution < 1.29 is 0 Å². The molecule has 0 radical (unpaired) electrons. The fraction of sp³-hybridized carbons (Fsp3) is 0.800. The first-order valence-electron chi connectivity index (χ1n) is 13.0. The summed E-state index contributed by atoms with van der Waals surface area (Å²) in [6.07, 6.45) is 15.4. The van der Waals surface area contributed by atoms with E-state index in [-0.39, 0.29) is 7.43 Å². The lowest BCUT2D eigenvalue weighted by Crippen LogP contribution is -1.64. The Balaban J connectivity index is -0.0000000201. The van der Waals surface area contributed by atoms with Gasteiger partial charge in [-0.2, -0.15) is 0 Å². The fourth-order valence-electron chi connectivity index (χ4n) is 0.889. The van der Waals surface area contributed by atoms with Crippen LogP contribution >= 0.6 is 0 Å². The van der Waals surface area contributed by atoms with Gasteiger partial charge in [-0.25, -0.2) is 0 Å². The highest BCUT2D eigenvalue weighted by molar-refractivity contribution is 5.14. The van der Waals surface area contributed by atoms with E-state index in [0.29, 0.717) is 0 Å². The van der Waals surface area contributed by atoms with Gasteiger partial charge in [-0.1, -0.05) is 167 Å². The van der Waals surface area contributed by atoms with Gasteiger partial charge in [-0.05, 0) is 33.6 Å². The smallest absolute Gasteiger partial charge is 0.0374 e. The predicted octanol–water partition coefficient (Wildman–Crippen LogP) is 13.5. The van der Waals surface area contributed by atoms with Crippen LogP contribution in [-0.4, -0.2) is 0 Å². The van der Waals surface area contributed by atoms with Crippen LogP contribution in [0.2, 0.25) is 0 Å². The number of hydrogen-bond acceptors (Lipinski definition) is 0. The predicted molar refractivity (Wildman–Crippen MR) is 159 cm³/mol. The van der Waals surface area contributed by atoms with Crippen molar-refractivity contribution in [2.75, 3.05) is 0 Å². The second kappa shape index (κ2) is 166. The van der Waals surface area contributed by atoms with Crippen molar-refractivity contribution in [1.82, 2.24) is 0 Å². The van der Waals surface area contributed by atoms with E-state index in [0.717, 1.165) is 12.8 Å². The standard InChI is InChI=1S/C8H14.C5H10.2C3H8.5C2H6.CH4/c1-4-6-8(3)7-5-2;1-3-5-4-2;2*1-3-2;5*1-2;/h4,6-7H,5H2,1-3H3;3,5H,4H2,1-2H3;2*3H2,1-2H3;5*1-2H3;1H4/b6-4-,8-7-;5-3+;;;;;;;;. The topological polar surface area (TPSA) is 0 Å². The average Bonchev–Trinajstić information content (AvgIpc) is 2.78. The largest absolute Gasteiger partial charge is 0.0917 e. The minimum absolute atomic E-state index is 0. The molecule has 0 fully saturated rings. The highest BCUT2D eigenvalue weighted by Crippen LogP contribution is 1.95. The SMILES string of the molecule is C.C/C=C/CC.C/C=C\C(C)=C/CC.CC.CC.CC.CC.CC.CCC.CCC. The number of allylic oxidation sites excluding steroid dienone is 6. The summed E-state index contributed by atoms with van der Waals surface area (Å²) in [5.41, 5.74) is 1.36. The van der Waals surface area contributed by atoms with E-state index in [1.54, 1.807) is 0 Å². The van der Waals surface area contributed by atoms with Crippen molar-refractivity contribution in [2.24, 2.45) is 0 Å². The molecule has 0 spiro atoms. The summed E-state index contributed by atoms with van der Waals surface area (Å²) in [7, 11) is 0. The van der Waals surface area contributed by atoms with Crippen molar-refractivity contribution in [3.05, 3.63) is 36.0 Å². The molecule has 0 heteroatoms. The first-order valence-corrected chi connectivity index (χ1v) is 13.0. The van der Waals surface area contributed by atoms with E-state index < -0.39 is 0 Å². The summed E-state index contributed by atoms with van der Waals surface area (Å²) >= 11 is 0. The van der Waals surface area contributed by atoms with E-state index in [2.05, 4.69) is 78.8 Å². The van der Waals surface area contributed by atoms with Gasteiger partial charge in [0, 0.05) is 0 Å². The molecule has 0 amide bonds. The van der Waals surface area contributed by atoms with E-state index in [9.17, 15) is 0 Å². The van der Waals surface area contributed by atoms with Crippen LogP contribution in [0.15, 0.2) is 36.0 Å². The molecule has 0 atom stereocenters. The second-order valence-corrected chi connectivity index (χ2v) is 4.25. The molecule has 194 valence electrons. The van der Waals surface area contributed by atoms with E-state index >= 15 is 0 Å². The normalized spacial score (nSPS) is 7.37. The van der Waals surface area contributed by atoms with Gasteiger partial charge in [-0.15, -0.1) is 0 Å². The lowest BCUT2D eigenvalue weighted by atomic mass is 10.2. The van der Waals surface area contributed by atoms with E-state index in [4.69, 9.17) is 0 Å². The third kappa shape index (κ3) is 359. The summed E-state index contributed by atoms with van der Waals surface area (Å²) in [6.45, 7) is 39.0. The molecule has 0 aromatic carbocycles. The Hall–Kier alpha value is -0.780. The van der Waals surface area contributed by atoms with Crippen molar-refractivity contribution >= 4 is 0 Å². The molecular formula is C30H74. The first kappa shape index (κ1) is 63.0. The van der Waals surface area contributed by atoms with Crippen LogP contribution in [0.4, 0.5) is 0 Å². The molecule has 0 nitrogen and oxygen atoms in total. The Labute approximate surface area is 200 Å². The first-order chi connectivity index (χ1) is 14.1. The van der Waals surface area contributed by atoms with E-state index in [1.807, 2.05) is 83.1 Å². The van der Waals surface area contributed by atoms with Crippen LogP contribution in [0.1, 0.15) is 165 Å². The minimum atomic E-state index is 0. The molecule has 0 aliphatic rings. The van der Waals surface area contributed by atoms with Gasteiger partial charge < -0.3 is 0 Å². The van der Waals surface area contributed by atoms with Gasteiger partial charge in [0.25, 0.3) is 0 Å². The monoisotopic (exact) mass is 435 g/mol. The Morgan fingerprint density at radius 3 is 0.900 bits per heavy atom. The molecule has 0 N–H and O–H groups in total.